The maximum absolute atomic E-state index is 12.8. The van der Waals surface area contributed by atoms with Crippen LogP contribution in [-0.4, -0.2) is 12.5 Å². The second kappa shape index (κ2) is 7.39. The minimum atomic E-state index is -0.135. The highest BCUT2D eigenvalue weighted by molar-refractivity contribution is 9.11. The van der Waals surface area contributed by atoms with E-state index >= 15 is 0 Å². The SMILES string of the molecule is N#CCCN(C(=O)c1cc(Br)ccc1Br)c1ccccc1. The second-order valence-electron chi connectivity index (χ2n) is 4.32. The van der Waals surface area contributed by atoms with E-state index in [1.807, 2.05) is 42.5 Å². The van der Waals surface area contributed by atoms with Gasteiger partial charge in [-0.25, -0.2) is 0 Å². The van der Waals surface area contributed by atoms with E-state index in [0.29, 0.717) is 12.1 Å². The normalized spacial score (nSPS) is 9.95. The molecular formula is C16H12Br2N2O. The van der Waals surface area contributed by atoms with Crippen molar-refractivity contribution in [3.05, 3.63) is 63.0 Å². The molecular weight excluding hydrogens is 396 g/mol. The van der Waals surface area contributed by atoms with Gasteiger partial charge in [-0.2, -0.15) is 5.26 Å². The van der Waals surface area contributed by atoms with Crippen molar-refractivity contribution in [2.75, 3.05) is 11.4 Å². The second-order valence-corrected chi connectivity index (χ2v) is 6.09. The summed E-state index contributed by atoms with van der Waals surface area (Å²) in [5.41, 5.74) is 1.34. The molecule has 3 nitrogen and oxygen atoms in total. The van der Waals surface area contributed by atoms with Gasteiger partial charge in [-0.05, 0) is 46.3 Å². The molecule has 106 valence electrons. The van der Waals surface area contributed by atoms with E-state index in [9.17, 15) is 4.79 Å². The Morgan fingerprint density at radius 2 is 1.86 bits per heavy atom. The summed E-state index contributed by atoms with van der Waals surface area (Å²) < 4.78 is 1.57. The van der Waals surface area contributed by atoms with Crippen LogP contribution in [0.3, 0.4) is 0 Å². The molecule has 21 heavy (non-hydrogen) atoms. The van der Waals surface area contributed by atoms with E-state index in [-0.39, 0.29) is 12.3 Å². The lowest BCUT2D eigenvalue weighted by atomic mass is 10.1. The zero-order valence-electron chi connectivity index (χ0n) is 11.1. The summed E-state index contributed by atoms with van der Waals surface area (Å²) in [5, 5.41) is 8.81. The number of amides is 1. The molecule has 0 aliphatic rings. The van der Waals surface area contributed by atoms with Gasteiger partial charge in [0.05, 0.1) is 18.1 Å². The Balaban J connectivity index is 2.39. The average molecular weight is 408 g/mol. The third-order valence-electron chi connectivity index (χ3n) is 2.92. The van der Waals surface area contributed by atoms with Crippen molar-refractivity contribution in [2.45, 2.75) is 6.42 Å². The number of anilines is 1. The van der Waals surface area contributed by atoms with E-state index < -0.39 is 0 Å². The molecule has 2 aromatic rings. The van der Waals surface area contributed by atoms with Gasteiger partial charge in [0.1, 0.15) is 0 Å². The number of para-hydroxylation sites is 1. The summed E-state index contributed by atoms with van der Waals surface area (Å²) in [4.78, 5) is 14.4. The quantitative estimate of drug-likeness (QED) is 0.732. The van der Waals surface area contributed by atoms with Crippen LogP contribution in [0.15, 0.2) is 57.5 Å². The Hall–Kier alpha value is -1.64. The first-order valence-corrected chi connectivity index (χ1v) is 7.91. The van der Waals surface area contributed by atoms with Crippen molar-refractivity contribution >= 4 is 43.5 Å². The summed E-state index contributed by atoms with van der Waals surface area (Å²) in [6.45, 7) is 0.359. The molecule has 0 radical (unpaired) electrons. The minimum Gasteiger partial charge on any atom is -0.307 e. The van der Waals surface area contributed by atoms with E-state index in [1.165, 1.54) is 0 Å². The number of carbonyl (C=O) groups excluding carboxylic acids is 1. The van der Waals surface area contributed by atoms with Gasteiger partial charge in [-0.15, -0.1) is 0 Å². The van der Waals surface area contributed by atoms with Crippen LogP contribution in [0.2, 0.25) is 0 Å². The maximum atomic E-state index is 12.8. The van der Waals surface area contributed by atoms with Crippen LogP contribution in [0.4, 0.5) is 5.69 Å². The largest absolute Gasteiger partial charge is 0.307 e. The Morgan fingerprint density at radius 3 is 2.52 bits per heavy atom. The smallest absolute Gasteiger partial charge is 0.259 e. The molecule has 5 heteroatoms. The van der Waals surface area contributed by atoms with Crippen LogP contribution in [0.5, 0.6) is 0 Å². The number of hydrogen-bond acceptors (Lipinski definition) is 2. The summed E-state index contributed by atoms with van der Waals surface area (Å²) in [6, 6.07) is 16.9. The first-order valence-electron chi connectivity index (χ1n) is 6.32. The predicted octanol–water partition coefficient (Wildman–Crippen LogP) is 4.77. The van der Waals surface area contributed by atoms with Gasteiger partial charge in [0.25, 0.3) is 5.91 Å². The molecule has 2 aromatic carbocycles. The van der Waals surface area contributed by atoms with Crippen molar-refractivity contribution in [1.82, 2.24) is 0 Å². The third-order valence-corrected chi connectivity index (χ3v) is 4.10. The first-order chi connectivity index (χ1) is 10.1. The Bertz CT molecular complexity index is 680. The molecule has 0 fully saturated rings. The van der Waals surface area contributed by atoms with Crippen molar-refractivity contribution in [3.63, 3.8) is 0 Å². The highest BCUT2D eigenvalue weighted by atomic mass is 79.9. The van der Waals surface area contributed by atoms with Crippen molar-refractivity contribution in [3.8, 4) is 6.07 Å². The number of halogens is 2. The fourth-order valence-electron chi connectivity index (χ4n) is 1.92. The van der Waals surface area contributed by atoms with E-state index in [4.69, 9.17) is 5.26 Å². The topological polar surface area (TPSA) is 44.1 Å². The predicted molar refractivity (Wildman–Crippen MR) is 90.2 cm³/mol. The zero-order chi connectivity index (χ0) is 15.2. The van der Waals surface area contributed by atoms with Crippen LogP contribution in [-0.2, 0) is 0 Å². The summed E-state index contributed by atoms with van der Waals surface area (Å²) in [5.74, 6) is -0.135. The van der Waals surface area contributed by atoms with Gasteiger partial charge in [0.15, 0.2) is 0 Å². The highest BCUT2D eigenvalue weighted by Crippen LogP contribution is 2.25. The summed E-state index contributed by atoms with van der Waals surface area (Å²) in [6.07, 6.45) is 0.284. The molecule has 0 N–H and O–H groups in total. The third kappa shape index (κ3) is 3.93. The molecule has 1 amide bonds. The lowest BCUT2D eigenvalue weighted by Crippen LogP contribution is -2.32. The number of rotatable bonds is 4. The van der Waals surface area contributed by atoms with Crippen LogP contribution >= 0.6 is 31.9 Å². The maximum Gasteiger partial charge on any atom is 0.259 e. The van der Waals surface area contributed by atoms with E-state index in [0.717, 1.165) is 14.6 Å². The van der Waals surface area contributed by atoms with Gasteiger partial charge < -0.3 is 4.90 Å². The van der Waals surface area contributed by atoms with Gasteiger partial charge in [0, 0.05) is 21.2 Å². The molecule has 0 spiro atoms. The Kier molecular flexibility index (Phi) is 5.54. The fourth-order valence-corrected chi connectivity index (χ4v) is 2.70. The summed E-state index contributed by atoms with van der Waals surface area (Å²) >= 11 is 6.79. The van der Waals surface area contributed by atoms with Crippen molar-refractivity contribution in [1.29, 1.82) is 5.26 Å². The van der Waals surface area contributed by atoms with Gasteiger partial charge in [-0.1, -0.05) is 34.1 Å². The zero-order valence-corrected chi connectivity index (χ0v) is 14.3. The molecule has 0 aromatic heterocycles. The fraction of sp³-hybridized carbons (Fsp3) is 0.125. The molecule has 0 saturated carbocycles. The number of nitriles is 1. The van der Waals surface area contributed by atoms with Gasteiger partial charge in [0.2, 0.25) is 0 Å². The molecule has 0 atom stereocenters. The monoisotopic (exact) mass is 406 g/mol. The standard InChI is InChI=1S/C16H12Br2N2O/c17-12-7-8-15(18)14(11-12)16(21)20(10-4-9-19)13-5-2-1-3-6-13/h1-3,5-8,11H,4,10H2. The lowest BCUT2D eigenvalue weighted by Gasteiger charge is -2.22. The Labute approximate surface area is 140 Å². The molecule has 0 bridgehead atoms. The molecule has 2 rings (SSSR count). The van der Waals surface area contributed by atoms with Crippen LogP contribution in [0.25, 0.3) is 0 Å². The van der Waals surface area contributed by atoms with Crippen LogP contribution < -0.4 is 4.90 Å². The summed E-state index contributed by atoms with van der Waals surface area (Å²) in [7, 11) is 0. The number of hydrogen-bond donors (Lipinski definition) is 0. The van der Waals surface area contributed by atoms with Crippen molar-refractivity contribution < 1.29 is 4.79 Å². The van der Waals surface area contributed by atoms with Crippen LogP contribution in [0.1, 0.15) is 16.8 Å². The number of carbonyl (C=O) groups is 1. The van der Waals surface area contributed by atoms with E-state index in [2.05, 4.69) is 37.9 Å². The average Bonchev–Trinajstić information content (AvgIpc) is 2.51. The lowest BCUT2D eigenvalue weighted by molar-refractivity contribution is 0.0986. The van der Waals surface area contributed by atoms with Gasteiger partial charge in [-0.3, -0.25) is 4.79 Å². The highest BCUT2D eigenvalue weighted by Gasteiger charge is 2.19. The molecule has 0 aliphatic heterocycles. The Morgan fingerprint density at radius 1 is 1.14 bits per heavy atom. The minimum absolute atomic E-state index is 0.135. The molecule has 0 unspecified atom stereocenters. The number of benzene rings is 2. The van der Waals surface area contributed by atoms with E-state index in [1.54, 1.807) is 11.0 Å². The van der Waals surface area contributed by atoms with Crippen molar-refractivity contribution in [2.24, 2.45) is 0 Å². The van der Waals surface area contributed by atoms with Gasteiger partial charge >= 0.3 is 0 Å². The first kappa shape index (κ1) is 15.7. The number of nitrogens with zero attached hydrogens (tertiary/aromatic N) is 2. The van der Waals surface area contributed by atoms with Crippen LogP contribution in [0, 0.1) is 11.3 Å². The molecule has 0 aliphatic carbocycles. The molecule has 0 saturated heterocycles. The molecule has 0 heterocycles.